The fraction of sp³-hybridized carbons (Fsp3) is 0.185. The standard InChI is InChI=1S/C27H22F3NO4/c1-17-13-31-26-22(6-3-7-23(26)27(28,29)30)25(17)20-4-2-5-21(12-20)35-15-19-10-8-18(9-11-19)14-34-16-24(32)33/h2-13H,14-16H2,1H3,(H,32,33). The summed E-state index contributed by atoms with van der Waals surface area (Å²) in [6, 6.07) is 18.7. The van der Waals surface area contributed by atoms with Gasteiger partial charge < -0.3 is 14.6 Å². The van der Waals surface area contributed by atoms with Crippen LogP contribution >= 0.6 is 0 Å². The third-order valence-corrected chi connectivity index (χ3v) is 5.44. The minimum absolute atomic E-state index is 0.0839. The van der Waals surface area contributed by atoms with Crippen LogP contribution < -0.4 is 4.74 Å². The van der Waals surface area contributed by atoms with E-state index in [0.717, 1.165) is 28.3 Å². The van der Waals surface area contributed by atoms with E-state index in [1.165, 1.54) is 12.3 Å². The van der Waals surface area contributed by atoms with Crippen LogP contribution in [-0.2, 0) is 28.9 Å². The maximum Gasteiger partial charge on any atom is 0.418 e. The van der Waals surface area contributed by atoms with E-state index >= 15 is 0 Å². The average molecular weight is 481 g/mol. The van der Waals surface area contributed by atoms with Crippen LogP contribution in [0.25, 0.3) is 22.0 Å². The maximum absolute atomic E-state index is 13.5. The number of nitrogens with zero attached hydrogens (tertiary/aromatic N) is 1. The number of aryl methyl sites for hydroxylation is 1. The molecule has 1 N–H and O–H groups in total. The Labute approximate surface area is 199 Å². The smallest absolute Gasteiger partial charge is 0.418 e. The number of aromatic nitrogens is 1. The summed E-state index contributed by atoms with van der Waals surface area (Å²) in [4.78, 5) is 14.6. The van der Waals surface area contributed by atoms with Crippen LogP contribution in [-0.4, -0.2) is 22.7 Å². The lowest BCUT2D eigenvalue weighted by molar-refractivity contribution is -0.142. The largest absolute Gasteiger partial charge is 0.489 e. The molecule has 0 saturated heterocycles. The summed E-state index contributed by atoms with van der Waals surface area (Å²) in [5, 5.41) is 9.06. The lowest BCUT2D eigenvalue weighted by Gasteiger charge is -2.15. The number of fused-ring (bicyclic) bond motifs is 1. The molecule has 0 aliphatic heterocycles. The van der Waals surface area contributed by atoms with Gasteiger partial charge in [-0.1, -0.05) is 48.5 Å². The van der Waals surface area contributed by atoms with Gasteiger partial charge in [-0.3, -0.25) is 4.98 Å². The van der Waals surface area contributed by atoms with Crippen molar-refractivity contribution in [2.45, 2.75) is 26.3 Å². The van der Waals surface area contributed by atoms with Gasteiger partial charge in [0, 0.05) is 11.6 Å². The number of hydrogen-bond acceptors (Lipinski definition) is 4. The summed E-state index contributed by atoms with van der Waals surface area (Å²) >= 11 is 0. The molecule has 0 amide bonds. The van der Waals surface area contributed by atoms with Gasteiger partial charge in [0.1, 0.15) is 19.0 Å². The zero-order valence-corrected chi connectivity index (χ0v) is 18.8. The highest BCUT2D eigenvalue weighted by atomic mass is 19.4. The second-order valence-electron chi connectivity index (χ2n) is 8.04. The minimum atomic E-state index is -4.50. The van der Waals surface area contributed by atoms with Crippen molar-refractivity contribution in [1.82, 2.24) is 4.98 Å². The van der Waals surface area contributed by atoms with E-state index in [-0.39, 0.29) is 25.3 Å². The van der Waals surface area contributed by atoms with Crippen molar-refractivity contribution >= 4 is 16.9 Å². The molecule has 4 rings (SSSR count). The molecule has 0 fully saturated rings. The quantitative estimate of drug-likeness (QED) is 0.315. The van der Waals surface area contributed by atoms with Gasteiger partial charge >= 0.3 is 12.1 Å². The van der Waals surface area contributed by atoms with E-state index < -0.39 is 17.7 Å². The summed E-state index contributed by atoms with van der Waals surface area (Å²) in [5.41, 5.74) is 3.07. The third-order valence-electron chi connectivity index (χ3n) is 5.44. The molecule has 0 bridgehead atoms. The molecule has 1 aromatic heterocycles. The summed E-state index contributed by atoms with van der Waals surface area (Å²) in [6.07, 6.45) is -3.04. The van der Waals surface area contributed by atoms with Gasteiger partial charge in [-0.15, -0.1) is 0 Å². The van der Waals surface area contributed by atoms with Crippen LogP contribution in [0.1, 0.15) is 22.3 Å². The molecular formula is C27H22F3NO4. The molecule has 5 nitrogen and oxygen atoms in total. The second-order valence-corrected chi connectivity index (χ2v) is 8.04. The first-order valence-corrected chi connectivity index (χ1v) is 10.8. The van der Waals surface area contributed by atoms with Crippen molar-refractivity contribution in [1.29, 1.82) is 0 Å². The highest BCUT2D eigenvalue weighted by Gasteiger charge is 2.33. The van der Waals surface area contributed by atoms with Crippen LogP contribution in [0.4, 0.5) is 13.2 Å². The number of aliphatic carboxylic acids is 1. The zero-order chi connectivity index (χ0) is 25.0. The molecule has 35 heavy (non-hydrogen) atoms. The summed E-state index contributed by atoms with van der Waals surface area (Å²) in [5.74, 6) is -0.444. The zero-order valence-electron chi connectivity index (χ0n) is 18.8. The van der Waals surface area contributed by atoms with Crippen LogP contribution in [0.5, 0.6) is 5.75 Å². The molecule has 0 radical (unpaired) electrons. The first kappa shape index (κ1) is 24.2. The first-order valence-electron chi connectivity index (χ1n) is 10.8. The Kier molecular flexibility index (Phi) is 7.02. The Hall–Kier alpha value is -3.91. The monoisotopic (exact) mass is 481 g/mol. The molecule has 0 saturated carbocycles. The molecule has 0 aliphatic rings. The van der Waals surface area contributed by atoms with Crippen molar-refractivity contribution < 1.29 is 32.5 Å². The molecule has 0 atom stereocenters. The number of carbonyl (C=O) groups is 1. The van der Waals surface area contributed by atoms with Crippen molar-refractivity contribution in [2.75, 3.05) is 6.61 Å². The lowest BCUT2D eigenvalue weighted by Crippen LogP contribution is -2.07. The maximum atomic E-state index is 13.5. The van der Waals surface area contributed by atoms with Crippen LogP contribution in [0.15, 0.2) is 72.9 Å². The van der Waals surface area contributed by atoms with Gasteiger partial charge in [0.05, 0.1) is 17.7 Å². The van der Waals surface area contributed by atoms with Gasteiger partial charge in [0.2, 0.25) is 0 Å². The van der Waals surface area contributed by atoms with E-state index in [4.69, 9.17) is 14.6 Å². The van der Waals surface area contributed by atoms with Crippen LogP contribution in [0, 0.1) is 6.92 Å². The topological polar surface area (TPSA) is 68.7 Å². The van der Waals surface area contributed by atoms with Gasteiger partial charge in [0.25, 0.3) is 0 Å². The number of pyridine rings is 1. The number of carboxylic acids is 1. The number of alkyl halides is 3. The van der Waals surface area contributed by atoms with Crippen LogP contribution in [0.3, 0.4) is 0 Å². The van der Waals surface area contributed by atoms with E-state index in [9.17, 15) is 18.0 Å². The normalized spacial score (nSPS) is 11.5. The molecule has 0 spiro atoms. The third kappa shape index (κ3) is 5.78. The van der Waals surface area contributed by atoms with E-state index in [0.29, 0.717) is 16.7 Å². The Morgan fingerprint density at radius 2 is 1.66 bits per heavy atom. The van der Waals surface area contributed by atoms with Crippen molar-refractivity contribution in [3.8, 4) is 16.9 Å². The number of para-hydroxylation sites is 1. The van der Waals surface area contributed by atoms with Gasteiger partial charge in [-0.05, 0) is 52.9 Å². The predicted octanol–water partition coefficient (Wildman–Crippen LogP) is 6.41. The Balaban J connectivity index is 1.54. The van der Waals surface area contributed by atoms with Gasteiger partial charge in [-0.25, -0.2) is 4.79 Å². The minimum Gasteiger partial charge on any atom is -0.489 e. The number of rotatable bonds is 8. The van der Waals surface area contributed by atoms with Crippen molar-refractivity contribution in [3.63, 3.8) is 0 Å². The SMILES string of the molecule is Cc1cnc2c(C(F)(F)F)cccc2c1-c1cccc(OCc2ccc(COCC(=O)O)cc2)c1. The van der Waals surface area contributed by atoms with E-state index in [1.807, 2.05) is 37.3 Å². The molecule has 1 heterocycles. The second kappa shape index (κ2) is 10.1. The number of halogens is 3. The number of benzene rings is 3. The van der Waals surface area contributed by atoms with Gasteiger partial charge in [0.15, 0.2) is 0 Å². The highest BCUT2D eigenvalue weighted by Crippen LogP contribution is 2.38. The number of carboxylic acid groups (broad SMARTS) is 1. The Morgan fingerprint density at radius 1 is 0.971 bits per heavy atom. The fourth-order valence-electron chi connectivity index (χ4n) is 3.83. The number of ether oxygens (including phenoxy) is 2. The highest BCUT2D eigenvalue weighted by molar-refractivity contribution is 5.97. The summed E-state index contributed by atoms with van der Waals surface area (Å²) in [6.45, 7) is 1.95. The van der Waals surface area contributed by atoms with E-state index in [1.54, 1.807) is 24.3 Å². The molecule has 0 aliphatic carbocycles. The summed E-state index contributed by atoms with van der Waals surface area (Å²) < 4.78 is 51.5. The van der Waals surface area contributed by atoms with E-state index in [2.05, 4.69) is 4.98 Å². The fourth-order valence-corrected chi connectivity index (χ4v) is 3.83. The Bertz CT molecular complexity index is 1350. The lowest BCUT2D eigenvalue weighted by atomic mass is 9.95. The predicted molar refractivity (Wildman–Crippen MR) is 125 cm³/mol. The first-order chi connectivity index (χ1) is 16.7. The number of hydrogen-bond donors (Lipinski definition) is 1. The van der Waals surface area contributed by atoms with Crippen LogP contribution in [0.2, 0.25) is 0 Å². The molecule has 3 aromatic carbocycles. The molecule has 0 unspecified atom stereocenters. The molecule has 8 heteroatoms. The van der Waals surface area contributed by atoms with Crippen molar-refractivity contribution in [2.24, 2.45) is 0 Å². The van der Waals surface area contributed by atoms with Crippen molar-refractivity contribution in [3.05, 3.63) is 95.2 Å². The molecule has 4 aromatic rings. The average Bonchev–Trinajstić information content (AvgIpc) is 2.82. The molecular weight excluding hydrogens is 459 g/mol. The van der Waals surface area contributed by atoms with Gasteiger partial charge in [-0.2, -0.15) is 13.2 Å². The Morgan fingerprint density at radius 3 is 2.34 bits per heavy atom. The molecule has 180 valence electrons. The summed E-state index contributed by atoms with van der Waals surface area (Å²) in [7, 11) is 0.